The van der Waals surface area contributed by atoms with E-state index < -0.39 is 0 Å². The monoisotopic (exact) mass is 416 g/mol. The van der Waals surface area contributed by atoms with Crippen molar-refractivity contribution < 1.29 is 9.90 Å². The number of hydrogen-bond acceptors (Lipinski definition) is 6. The number of nitrogens with one attached hydrogen (secondary N) is 1. The van der Waals surface area contributed by atoms with Gasteiger partial charge in [0, 0.05) is 26.2 Å². The number of benzene rings is 2. The summed E-state index contributed by atoms with van der Waals surface area (Å²) in [7, 11) is 0. The molecule has 31 heavy (non-hydrogen) atoms. The molecule has 2 N–H and O–H groups in total. The number of aromatic nitrogens is 4. The number of carbonyl (C=O) groups is 1. The highest BCUT2D eigenvalue weighted by molar-refractivity contribution is 5.97. The Balaban J connectivity index is 1.39. The number of fused-ring (bicyclic) bond motifs is 1. The minimum atomic E-state index is -0.255. The summed E-state index contributed by atoms with van der Waals surface area (Å²) in [6.07, 6.45) is 1.51. The molecule has 1 saturated heterocycles. The van der Waals surface area contributed by atoms with E-state index in [2.05, 4.69) is 15.1 Å². The van der Waals surface area contributed by atoms with E-state index >= 15 is 0 Å². The van der Waals surface area contributed by atoms with Gasteiger partial charge in [-0.3, -0.25) is 14.6 Å². The van der Waals surface area contributed by atoms with Crippen molar-refractivity contribution in [3.8, 4) is 11.4 Å². The van der Waals surface area contributed by atoms with Gasteiger partial charge in [-0.1, -0.05) is 30.3 Å². The zero-order valence-corrected chi connectivity index (χ0v) is 16.6. The quantitative estimate of drug-likeness (QED) is 0.527. The third-order valence-electron chi connectivity index (χ3n) is 5.43. The van der Waals surface area contributed by atoms with E-state index in [-0.39, 0.29) is 22.8 Å². The number of phenolic OH excluding ortho intramolecular Hbond substituents is 1. The van der Waals surface area contributed by atoms with Crippen LogP contribution in [0.2, 0.25) is 0 Å². The van der Waals surface area contributed by atoms with E-state index in [0.29, 0.717) is 43.2 Å². The number of nitrogens with zero attached hydrogens (tertiary/aromatic N) is 5. The van der Waals surface area contributed by atoms with Crippen LogP contribution in [0.3, 0.4) is 0 Å². The predicted molar refractivity (Wildman–Crippen MR) is 116 cm³/mol. The number of para-hydroxylation sites is 2. The molecule has 0 spiro atoms. The van der Waals surface area contributed by atoms with E-state index in [9.17, 15) is 14.7 Å². The summed E-state index contributed by atoms with van der Waals surface area (Å²) in [5.41, 5.74) is 1.34. The molecule has 1 fully saturated rings. The molecule has 0 aliphatic carbocycles. The molecule has 2 aromatic heterocycles. The lowest BCUT2D eigenvalue weighted by atomic mass is 10.1. The molecule has 1 aliphatic rings. The van der Waals surface area contributed by atoms with Gasteiger partial charge in [-0.2, -0.15) is 10.1 Å². The smallest absolute Gasteiger partial charge is 0.263 e. The van der Waals surface area contributed by atoms with Crippen molar-refractivity contribution in [2.75, 3.05) is 31.1 Å². The van der Waals surface area contributed by atoms with Crippen LogP contribution in [0, 0.1) is 0 Å². The van der Waals surface area contributed by atoms with Crippen molar-refractivity contribution >= 4 is 22.9 Å². The largest absolute Gasteiger partial charge is 0.507 e. The molecule has 156 valence electrons. The highest BCUT2D eigenvalue weighted by Crippen LogP contribution is 2.20. The first-order valence-corrected chi connectivity index (χ1v) is 9.97. The van der Waals surface area contributed by atoms with E-state index in [0.717, 1.165) is 5.69 Å². The van der Waals surface area contributed by atoms with Gasteiger partial charge in [0.25, 0.3) is 11.5 Å². The van der Waals surface area contributed by atoms with Crippen molar-refractivity contribution in [1.82, 2.24) is 24.6 Å². The van der Waals surface area contributed by atoms with Crippen molar-refractivity contribution in [2.24, 2.45) is 0 Å². The molecule has 1 aliphatic heterocycles. The summed E-state index contributed by atoms with van der Waals surface area (Å²) in [5, 5.41) is 14.7. The van der Waals surface area contributed by atoms with Crippen molar-refractivity contribution in [2.45, 2.75) is 0 Å². The summed E-state index contributed by atoms with van der Waals surface area (Å²) in [6.45, 7) is 1.92. The Morgan fingerprint density at radius 3 is 2.42 bits per heavy atom. The highest BCUT2D eigenvalue weighted by Gasteiger charge is 2.25. The predicted octanol–water partition coefficient (Wildman–Crippen LogP) is 1.78. The number of H-pyrrole nitrogens is 1. The van der Waals surface area contributed by atoms with Gasteiger partial charge in [0.1, 0.15) is 11.1 Å². The Morgan fingerprint density at radius 2 is 1.68 bits per heavy atom. The number of piperazine rings is 1. The summed E-state index contributed by atoms with van der Waals surface area (Å²) < 4.78 is 1.64. The van der Waals surface area contributed by atoms with Gasteiger partial charge in [-0.15, -0.1) is 0 Å². The second-order valence-corrected chi connectivity index (χ2v) is 7.32. The minimum Gasteiger partial charge on any atom is -0.507 e. The molecule has 3 heterocycles. The minimum absolute atomic E-state index is 0.0273. The first-order valence-electron chi connectivity index (χ1n) is 9.97. The lowest BCUT2D eigenvalue weighted by molar-refractivity contribution is 0.0743. The highest BCUT2D eigenvalue weighted by atomic mass is 16.3. The van der Waals surface area contributed by atoms with E-state index in [4.69, 9.17) is 0 Å². The normalized spacial score (nSPS) is 14.2. The van der Waals surface area contributed by atoms with Crippen LogP contribution in [-0.2, 0) is 0 Å². The Kier molecular flexibility index (Phi) is 4.62. The van der Waals surface area contributed by atoms with Crippen LogP contribution in [0.1, 0.15) is 10.4 Å². The molecule has 0 atom stereocenters. The molecular formula is C22H20N6O3. The van der Waals surface area contributed by atoms with Crippen LogP contribution in [0.5, 0.6) is 5.75 Å². The zero-order chi connectivity index (χ0) is 21.4. The van der Waals surface area contributed by atoms with Crippen molar-refractivity contribution in [1.29, 1.82) is 0 Å². The summed E-state index contributed by atoms with van der Waals surface area (Å²) in [4.78, 5) is 36.5. The fraction of sp³-hybridized carbons (Fsp3) is 0.182. The van der Waals surface area contributed by atoms with Gasteiger partial charge in [-0.25, -0.2) is 4.68 Å². The lowest BCUT2D eigenvalue weighted by Crippen LogP contribution is -2.49. The van der Waals surface area contributed by atoms with Gasteiger partial charge in [0.2, 0.25) is 5.95 Å². The first kappa shape index (κ1) is 18.9. The van der Waals surface area contributed by atoms with Crippen LogP contribution in [0.25, 0.3) is 16.7 Å². The van der Waals surface area contributed by atoms with Crippen molar-refractivity contribution in [3.63, 3.8) is 0 Å². The third-order valence-corrected chi connectivity index (χ3v) is 5.43. The van der Waals surface area contributed by atoms with Gasteiger partial charge in [0.05, 0.1) is 17.4 Å². The molecule has 0 bridgehead atoms. The molecule has 4 aromatic rings. The topological polar surface area (TPSA) is 107 Å². The number of hydrogen-bond donors (Lipinski definition) is 2. The molecular weight excluding hydrogens is 396 g/mol. The summed E-state index contributed by atoms with van der Waals surface area (Å²) in [5.74, 6) is 0.210. The Labute approximate surface area is 177 Å². The average molecular weight is 416 g/mol. The number of aromatic amines is 1. The second kappa shape index (κ2) is 7.60. The van der Waals surface area contributed by atoms with E-state index in [1.54, 1.807) is 27.8 Å². The summed E-state index contributed by atoms with van der Waals surface area (Å²) >= 11 is 0. The molecule has 9 nitrogen and oxygen atoms in total. The standard InChI is InChI=1S/C22H20N6O3/c29-18-9-5-4-8-16(18)21(31)26-10-12-27(13-11-26)22-24-19-17(20(30)25-22)14-23-28(19)15-6-2-1-3-7-15/h1-9,14,29H,10-13H2,(H,24,25,30). The maximum Gasteiger partial charge on any atom is 0.263 e. The van der Waals surface area contributed by atoms with E-state index in [1.165, 1.54) is 12.3 Å². The number of rotatable bonds is 3. The lowest BCUT2D eigenvalue weighted by Gasteiger charge is -2.35. The first-order chi connectivity index (χ1) is 15.1. The number of carbonyl (C=O) groups excluding carboxylic acids is 1. The molecule has 9 heteroatoms. The van der Waals surface area contributed by atoms with Crippen molar-refractivity contribution in [3.05, 3.63) is 76.7 Å². The van der Waals surface area contributed by atoms with Gasteiger partial charge < -0.3 is 14.9 Å². The Bertz CT molecular complexity index is 1310. The Morgan fingerprint density at radius 1 is 0.968 bits per heavy atom. The van der Waals surface area contributed by atoms with E-state index in [1.807, 2.05) is 35.2 Å². The zero-order valence-electron chi connectivity index (χ0n) is 16.6. The molecule has 1 amide bonds. The molecule has 5 rings (SSSR count). The fourth-order valence-corrected chi connectivity index (χ4v) is 3.76. The number of aromatic hydroxyl groups is 1. The van der Waals surface area contributed by atoms with Crippen LogP contribution in [0.15, 0.2) is 65.6 Å². The SMILES string of the molecule is O=C(c1ccccc1O)N1CCN(c2nc3c(cnn3-c3ccccc3)c(=O)[nH]2)CC1. The maximum absolute atomic E-state index is 12.7. The number of amides is 1. The fourth-order valence-electron chi connectivity index (χ4n) is 3.76. The second-order valence-electron chi connectivity index (χ2n) is 7.32. The van der Waals surface area contributed by atoms with Crippen LogP contribution in [-0.4, -0.2) is 61.8 Å². The van der Waals surface area contributed by atoms with Crippen LogP contribution >= 0.6 is 0 Å². The Hall–Kier alpha value is -4.14. The van der Waals surface area contributed by atoms with Gasteiger partial charge in [0.15, 0.2) is 5.65 Å². The molecule has 0 unspecified atom stereocenters. The molecule has 0 saturated carbocycles. The number of anilines is 1. The average Bonchev–Trinajstić information content (AvgIpc) is 3.24. The third kappa shape index (κ3) is 3.39. The summed E-state index contributed by atoms with van der Waals surface area (Å²) in [6, 6.07) is 16.0. The number of phenols is 1. The maximum atomic E-state index is 12.7. The molecule has 2 aromatic carbocycles. The van der Waals surface area contributed by atoms with Crippen LogP contribution < -0.4 is 10.5 Å². The molecule has 0 radical (unpaired) electrons. The van der Waals surface area contributed by atoms with Crippen LogP contribution in [0.4, 0.5) is 5.95 Å². The van der Waals surface area contributed by atoms with Gasteiger partial charge in [-0.05, 0) is 24.3 Å². The van der Waals surface area contributed by atoms with Gasteiger partial charge >= 0.3 is 0 Å².